The Bertz CT molecular complexity index is 529. The molecule has 2 aromatic rings. The molecule has 2 rings (SSSR count). The lowest BCUT2D eigenvalue weighted by atomic mass is 10.3. The average Bonchev–Trinajstić information content (AvgIpc) is 2.38. The van der Waals surface area contributed by atoms with E-state index in [-0.39, 0.29) is 0 Å². The monoisotopic (exact) mass is 259 g/mol. The second kappa shape index (κ2) is 6.02. The van der Waals surface area contributed by atoms with Crippen LogP contribution >= 0.6 is 12.2 Å². The van der Waals surface area contributed by atoms with Gasteiger partial charge >= 0.3 is 0 Å². The second-order valence-electron chi connectivity index (χ2n) is 3.65. The summed E-state index contributed by atoms with van der Waals surface area (Å²) in [6, 6.07) is 7.57. The minimum atomic E-state index is 0.478. The Balaban J connectivity index is 1.86. The van der Waals surface area contributed by atoms with Crippen LogP contribution in [0.25, 0.3) is 0 Å². The first-order valence-electron chi connectivity index (χ1n) is 5.48. The van der Waals surface area contributed by atoms with Gasteiger partial charge in [0.25, 0.3) is 0 Å². The largest absolute Gasteiger partial charge is 0.357 e. The molecule has 0 fully saturated rings. The Hall–Kier alpha value is -2.08. The van der Waals surface area contributed by atoms with Crippen LogP contribution in [0.3, 0.4) is 0 Å². The van der Waals surface area contributed by atoms with Crippen LogP contribution in [0.4, 0.5) is 5.95 Å². The van der Waals surface area contributed by atoms with Crippen LogP contribution < -0.4 is 10.6 Å². The van der Waals surface area contributed by atoms with Crippen molar-refractivity contribution in [3.8, 4) is 0 Å². The zero-order valence-corrected chi connectivity index (χ0v) is 10.7. The van der Waals surface area contributed by atoms with E-state index in [4.69, 9.17) is 12.2 Å². The van der Waals surface area contributed by atoms with Crippen molar-refractivity contribution in [2.45, 2.75) is 13.5 Å². The van der Waals surface area contributed by atoms with Crippen LogP contribution in [0.2, 0.25) is 0 Å². The van der Waals surface area contributed by atoms with E-state index in [2.05, 4.69) is 25.6 Å². The van der Waals surface area contributed by atoms with Crippen molar-refractivity contribution in [3.05, 3.63) is 48.0 Å². The van der Waals surface area contributed by atoms with Gasteiger partial charge in [-0.1, -0.05) is 6.07 Å². The SMILES string of the molecule is Cc1ccnc(NC(=S)NCc2ccccn2)n1. The van der Waals surface area contributed by atoms with E-state index in [1.54, 1.807) is 12.4 Å². The van der Waals surface area contributed by atoms with E-state index < -0.39 is 0 Å². The summed E-state index contributed by atoms with van der Waals surface area (Å²) in [6.45, 7) is 2.47. The fourth-order valence-electron chi connectivity index (χ4n) is 1.33. The number of nitrogens with one attached hydrogen (secondary N) is 2. The molecule has 0 radical (unpaired) electrons. The number of hydrogen-bond donors (Lipinski definition) is 2. The number of hydrogen-bond acceptors (Lipinski definition) is 4. The van der Waals surface area contributed by atoms with Crippen molar-refractivity contribution in [3.63, 3.8) is 0 Å². The molecule has 0 aliphatic carbocycles. The number of aromatic nitrogens is 3. The molecule has 0 saturated carbocycles. The summed E-state index contributed by atoms with van der Waals surface area (Å²) in [4.78, 5) is 12.5. The number of anilines is 1. The van der Waals surface area contributed by atoms with E-state index in [1.165, 1.54) is 0 Å². The summed E-state index contributed by atoms with van der Waals surface area (Å²) >= 11 is 5.15. The highest BCUT2D eigenvalue weighted by Crippen LogP contribution is 1.99. The molecule has 18 heavy (non-hydrogen) atoms. The first-order valence-corrected chi connectivity index (χ1v) is 5.89. The van der Waals surface area contributed by atoms with Gasteiger partial charge in [0.05, 0.1) is 12.2 Å². The minimum absolute atomic E-state index is 0.478. The van der Waals surface area contributed by atoms with Crippen molar-refractivity contribution in [2.24, 2.45) is 0 Å². The van der Waals surface area contributed by atoms with Gasteiger partial charge in [-0.25, -0.2) is 9.97 Å². The van der Waals surface area contributed by atoms with Crippen molar-refractivity contribution < 1.29 is 0 Å². The summed E-state index contributed by atoms with van der Waals surface area (Å²) in [5.74, 6) is 0.494. The van der Waals surface area contributed by atoms with Crippen LogP contribution in [0.1, 0.15) is 11.4 Å². The summed E-state index contributed by atoms with van der Waals surface area (Å²) in [6.07, 6.45) is 3.43. The number of aryl methyl sites for hydroxylation is 1. The zero-order chi connectivity index (χ0) is 12.8. The van der Waals surface area contributed by atoms with E-state index in [0.29, 0.717) is 17.6 Å². The molecular weight excluding hydrogens is 246 g/mol. The highest BCUT2D eigenvalue weighted by atomic mass is 32.1. The highest BCUT2D eigenvalue weighted by Gasteiger charge is 2.00. The molecule has 2 N–H and O–H groups in total. The molecule has 0 atom stereocenters. The van der Waals surface area contributed by atoms with Gasteiger partial charge in [-0.05, 0) is 37.3 Å². The molecule has 0 aliphatic heterocycles. The fraction of sp³-hybridized carbons (Fsp3) is 0.167. The third-order valence-electron chi connectivity index (χ3n) is 2.18. The third kappa shape index (κ3) is 3.74. The van der Waals surface area contributed by atoms with Gasteiger partial charge < -0.3 is 10.6 Å². The molecule has 5 nitrogen and oxygen atoms in total. The van der Waals surface area contributed by atoms with Gasteiger partial charge in [-0.15, -0.1) is 0 Å². The van der Waals surface area contributed by atoms with Crippen molar-refractivity contribution in [1.29, 1.82) is 0 Å². The van der Waals surface area contributed by atoms with Crippen molar-refractivity contribution >= 4 is 23.3 Å². The fourth-order valence-corrected chi connectivity index (χ4v) is 1.49. The predicted molar refractivity (Wildman–Crippen MR) is 74.1 cm³/mol. The molecule has 92 valence electrons. The van der Waals surface area contributed by atoms with Gasteiger partial charge in [-0.2, -0.15) is 0 Å². The topological polar surface area (TPSA) is 62.7 Å². The molecule has 0 spiro atoms. The molecule has 2 aromatic heterocycles. The van der Waals surface area contributed by atoms with Crippen LogP contribution in [0.15, 0.2) is 36.7 Å². The summed E-state index contributed by atoms with van der Waals surface area (Å²) < 4.78 is 0. The van der Waals surface area contributed by atoms with Crippen molar-refractivity contribution in [1.82, 2.24) is 20.3 Å². The summed E-state index contributed by atoms with van der Waals surface area (Å²) in [7, 11) is 0. The lowest BCUT2D eigenvalue weighted by molar-refractivity contribution is 0.880. The second-order valence-corrected chi connectivity index (χ2v) is 4.06. The Morgan fingerprint density at radius 2 is 2.11 bits per heavy atom. The Labute approximate surface area is 111 Å². The molecule has 6 heteroatoms. The highest BCUT2D eigenvalue weighted by molar-refractivity contribution is 7.80. The molecule has 0 aromatic carbocycles. The van der Waals surface area contributed by atoms with Gasteiger partial charge in [0, 0.05) is 18.1 Å². The molecular formula is C12H13N5S. The molecule has 0 amide bonds. The third-order valence-corrected chi connectivity index (χ3v) is 2.42. The number of rotatable bonds is 3. The lowest BCUT2D eigenvalue weighted by Crippen LogP contribution is -2.29. The smallest absolute Gasteiger partial charge is 0.229 e. The van der Waals surface area contributed by atoms with E-state index >= 15 is 0 Å². The van der Waals surface area contributed by atoms with Crippen LogP contribution in [0, 0.1) is 6.92 Å². The molecule has 0 bridgehead atoms. The normalized spacial score (nSPS) is 9.83. The Morgan fingerprint density at radius 3 is 2.83 bits per heavy atom. The van der Waals surface area contributed by atoms with E-state index in [1.807, 2.05) is 31.2 Å². The minimum Gasteiger partial charge on any atom is -0.357 e. The maximum absolute atomic E-state index is 5.15. The van der Waals surface area contributed by atoms with E-state index in [9.17, 15) is 0 Å². The summed E-state index contributed by atoms with van der Waals surface area (Å²) in [5.41, 5.74) is 1.81. The Kier molecular flexibility index (Phi) is 4.14. The number of nitrogens with zero attached hydrogens (tertiary/aromatic N) is 3. The maximum Gasteiger partial charge on any atom is 0.229 e. The lowest BCUT2D eigenvalue weighted by Gasteiger charge is -2.08. The van der Waals surface area contributed by atoms with Gasteiger partial charge in [0.1, 0.15) is 0 Å². The molecule has 0 unspecified atom stereocenters. The van der Waals surface area contributed by atoms with Crippen LogP contribution in [-0.2, 0) is 6.54 Å². The van der Waals surface area contributed by atoms with Crippen LogP contribution in [-0.4, -0.2) is 20.1 Å². The number of pyridine rings is 1. The Morgan fingerprint density at radius 1 is 1.22 bits per heavy atom. The maximum atomic E-state index is 5.15. The quantitative estimate of drug-likeness (QED) is 0.818. The zero-order valence-electron chi connectivity index (χ0n) is 9.92. The van der Waals surface area contributed by atoms with Gasteiger partial charge in [0.15, 0.2) is 5.11 Å². The van der Waals surface area contributed by atoms with Crippen molar-refractivity contribution in [2.75, 3.05) is 5.32 Å². The molecule has 0 saturated heterocycles. The van der Waals surface area contributed by atoms with Gasteiger partial charge in [0.2, 0.25) is 5.95 Å². The average molecular weight is 259 g/mol. The number of thiocarbonyl (C=S) groups is 1. The first-order chi connectivity index (χ1) is 8.74. The standard InChI is InChI=1S/C12H13N5S/c1-9-5-7-14-11(16-9)17-12(18)15-8-10-4-2-3-6-13-10/h2-7H,8H2,1H3,(H2,14,15,16,17,18). The van der Waals surface area contributed by atoms with Gasteiger partial charge in [-0.3, -0.25) is 4.98 Å². The molecule has 0 aliphatic rings. The molecule has 2 heterocycles. The van der Waals surface area contributed by atoms with Crippen LogP contribution in [0.5, 0.6) is 0 Å². The summed E-state index contributed by atoms with van der Waals surface area (Å²) in [5, 5.41) is 6.45. The van der Waals surface area contributed by atoms with E-state index in [0.717, 1.165) is 11.4 Å². The predicted octanol–water partition coefficient (Wildman–Crippen LogP) is 1.67. The first kappa shape index (κ1) is 12.4.